The molecule has 100 valence electrons. The fourth-order valence-corrected chi connectivity index (χ4v) is 2.03. The summed E-state index contributed by atoms with van der Waals surface area (Å²) in [7, 11) is 0. The van der Waals surface area contributed by atoms with E-state index in [0.29, 0.717) is 11.0 Å². The zero-order valence-corrected chi connectivity index (χ0v) is 12.3. The molecule has 1 heterocycles. The molecule has 1 aromatic carbocycles. The van der Waals surface area contributed by atoms with Gasteiger partial charge in [0.25, 0.3) is 5.91 Å². The zero-order valence-electron chi connectivity index (χ0n) is 10.7. The smallest absolute Gasteiger partial charge is 0.349 e. The summed E-state index contributed by atoms with van der Waals surface area (Å²) >= 11 is 3.34. The van der Waals surface area contributed by atoms with Crippen LogP contribution in [0.5, 0.6) is 0 Å². The molecule has 0 fully saturated rings. The highest BCUT2D eigenvalue weighted by atomic mass is 79.9. The van der Waals surface area contributed by atoms with Gasteiger partial charge in [-0.1, -0.05) is 22.9 Å². The topological polar surface area (TPSA) is 59.3 Å². The Labute approximate surface area is 118 Å². The van der Waals surface area contributed by atoms with Crippen LogP contribution in [0.1, 0.15) is 30.6 Å². The lowest BCUT2D eigenvalue weighted by Crippen LogP contribution is -2.34. The van der Waals surface area contributed by atoms with E-state index in [0.717, 1.165) is 10.9 Å². The molecular weight excluding hydrogens is 310 g/mol. The first-order chi connectivity index (χ1) is 9.01. The van der Waals surface area contributed by atoms with Crippen molar-refractivity contribution in [1.29, 1.82) is 0 Å². The van der Waals surface area contributed by atoms with E-state index >= 15 is 0 Å². The summed E-state index contributed by atoms with van der Waals surface area (Å²) in [5.74, 6) is -0.398. The first-order valence-corrected chi connectivity index (χ1v) is 6.85. The highest BCUT2D eigenvalue weighted by Crippen LogP contribution is 2.19. The fraction of sp³-hybridized carbons (Fsp3) is 0.286. The molecule has 0 spiro atoms. The van der Waals surface area contributed by atoms with Crippen molar-refractivity contribution < 1.29 is 9.21 Å². The van der Waals surface area contributed by atoms with Gasteiger partial charge in [0.2, 0.25) is 0 Å². The van der Waals surface area contributed by atoms with Crippen LogP contribution < -0.4 is 10.9 Å². The van der Waals surface area contributed by atoms with Gasteiger partial charge in [0.15, 0.2) is 0 Å². The molecule has 2 aromatic rings. The summed E-state index contributed by atoms with van der Waals surface area (Å²) in [4.78, 5) is 23.8. The van der Waals surface area contributed by atoms with Gasteiger partial charge in [-0.3, -0.25) is 4.79 Å². The highest BCUT2D eigenvalue weighted by molar-refractivity contribution is 9.10. The molecule has 0 aliphatic carbocycles. The molecule has 0 unspecified atom stereocenters. The largest absolute Gasteiger partial charge is 0.422 e. The highest BCUT2D eigenvalue weighted by Gasteiger charge is 2.15. The molecule has 1 N–H and O–H groups in total. The van der Waals surface area contributed by atoms with Crippen LogP contribution in [0.15, 0.2) is 37.9 Å². The number of amides is 1. The van der Waals surface area contributed by atoms with Gasteiger partial charge >= 0.3 is 5.63 Å². The Hall–Kier alpha value is -1.62. The monoisotopic (exact) mass is 323 g/mol. The fourth-order valence-electron chi connectivity index (χ4n) is 1.66. The van der Waals surface area contributed by atoms with E-state index in [1.807, 2.05) is 13.8 Å². The minimum absolute atomic E-state index is 0.0186. The summed E-state index contributed by atoms with van der Waals surface area (Å²) < 4.78 is 6.01. The lowest BCUT2D eigenvalue weighted by Gasteiger charge is -2.10. The summed E-state index contributed by atoms with van der Waals surface area (Å²) in [6, 6.07) is 6.86. The molecule has 0 saturated carbocycles. The quantitative estimate of drug-likeness (QED) is 0.883. The van der Waals surface area contributed by atoms with Gasteiger partial charge in [0.1, 0.15) is 11.1 Å². The Morgan fingerprint density at radius 1 is 1.42 bits per heavy atom. The maximum absolute atomic E-state index is 12.0. The normalized spacial score (nSPS) is 12.4. The third-order valence-corrected chi connectivity index (χ3v) is 3.42. The lowest BCUT2D eigenvalue weighted by atomic mass is 10.1. The van der Waals surface area contributed by atoms with Crippen LogP contribution in [-0.2, 0) is 0 Å². The van der Waals surface area contributed by atoms with E-state index in [1.54, 1.807) is 24.3 Å². The molecule has 1 amide bonds. The molecule has 0 bridgehead atoms. The van der Waals surface area contributed by atoms with Crippen molar-refractivity contribution in [1.82, 2.24) is 5.32 Å². The van der Waals surface area contributed by atoms with E-state index in [9.17, 15) is 9.59 Å². The van der Waals surface area contributed by atoms with Crippen molar-refractivity contribution in [3.05, 3.63) is 44.7 Å². The molecular formula is C14H14BrNO3. The molecule has 0 aliphatic rings. The molecule has 2 rings (SSSR count). The third-order valence-electron chi connectivity index (χ3n) is 2.93. The van der Waals surface area contributed by atoms with Crippen LogP contribution in [0.3, 0.4) is 0 Å². The van der Waals surface area contributed by atoms with Gasteiger partial charge in [-0.05, 0) is 37.6 Å². The number of fused-ring (bicyclic) bond motifs is 1. The van der Waals surface area contributed by atoms with E-state index in [1.165, 1.54) is 0 Å². The molecule has 19 heavy (non-hydrogen) atoms. The summed E-state index contributed by atoms with van der Waals surface area (Å²) in [6.45, 7) is 3.85. The van der Waals surface area contributed by atoms with Crippen LogP contribution in [0.25, 0.3) is 11.0 Å². The molecule has 0 radical (unpaired) electrons. The first-order valence-electron chi connectivity index (χ1n) is 6.05. The minimum atomic E-state index is -0.615. The van der Waals surface area contributed by atoms with Crippen molar-refractivity contribution in [2.24, 2.45) is 0 Å². The summed E-state index contributed by atoms with van der Waals surface area (Å²) in [5, 5.41) is 3.47. The number of nitrogens with one attached hydrogen (secondary N) is 1. The predicted octanol–water partition coefficient (Wildman–Crippen LogP) is 3.08. The summed E-state index contributed by atoms with van der Waals surface area (Å²) in [5.41, 5.74) is -0.116. The number of halogens is 1. The van der Waals surface area contributed by atoms with Gasteiger partial charge < -0.3 is 9.73 Å². The molecule has 5 heteroatoms. The predicted molar refractivity (Wildman–Crippen MR) is 77.4 cm³/mol. The lowest BCUT2D eigenvalue weighted by molar-refractivity contribution is 0.0935. The SMILES string of the molecule is CC[C@@H](C)NC(=O)c1cc2cc(Br)ccc2oc1=O. The number of carbonyl (C=O) groups is 1. The average molecular weight is 324 g/mol. The first kappa shape index (κ1) is 13.8. The molecule has 4 nitrogen and oxygen atoms in total. The second kappa shape index (κ2) is 5.57. The molecule has 0 saturated heterocycles. The maximum atomic E-state index is 12.0. The van der Waals surface area contributed by atoms with E-state index in [-0.39, 0.29) is 11.6 Å². The zero-order chi connectivity index (χ0) is 14.0. The van der Waals surface area contributed by atoms with Crippen LogP contribution >= 0.6 is 15.9 Å². The second-order valence-electron chi connectivity index (χ2n) is 4.41. The minimum Gasteiger partial charge on any atom is -0.422 e. The van der Waals surface area contributed by atoms with Crippen LogP contribution in [0.2, 0.25) is 0 Å². The number of benzene rings is 1. The van der Waals surface area contributed by atoms with Gasteiger partial charge in [-0.25, -0.2) is 4.79 Å². The Bertz CT molecular complexity index is 678. The Kier molecular flexibility index (Phi) is 4.04. The van der Waals surface area contributed by atoms with Crippen molar-refractivity contribution in [2.75, 3.05) is 0 Å². The van der Waals surface area contributed by atoms with E-state index < -0.39 is 11.5 Å². The van der Waals surface area contributed by atoms with Crippen LogP contribution in [-0.4, -0.2) is 11.9 Å². The van der Waals surface area contributed by atoms with Crippen molar-refractivity contribution in [2.45, 2.75) is 26.3 Å². The Morgan fingerprint density at radius 2 is 2.16 bits per heavy atom. The number of hydrogen-bond donors (Lipinski definition) is 1. The molecule has 0 aliphatic heterocycles. The Balaban J connectivity index is 2.46. The van der Waals surface area contributed by atoms with Gasteiger partial charge in [-0.15, -0.1) is 0 Å². The Morgan fingerprint density at radius 3 is 2.84 bits per heavy atom. The van der Waals surface area contributed by atoms with Crippen molar-refractivity contribution in [3.8, 4) is 0 Å². The van der Waals surface area contributed by atoms with Gasteiger partial charge in [0, 0.05) is 15.9 Å². The third kappa shape index (κ3) is 3.04. The van der Waals surface area contributed by atoms with Crippen LogP contribution in [0, 0.1) is 0 Å². The van der Waals surface area contributed by atoms with E-state index in [2.05, 4.69) is 21.2 Å². The molecule has 1 aromatic heterocycles. The van der Waals surface area contributed by atoms with Crippen molar-refractivity contribution >= 4 is 32.8 Å². The van der Waals surface area contributed by atoms with Gasteiger partial charge in [0.05, 0.1) is 0 Å². The number of rotatable bonds is 3. The van der Waals surface area contributed by atoms with E-state index in [4.69, 9.17) is 4.42 Å². The van der Waals surface area contributed by atoms with Crippen molar-refractivity contribution in [3.63, 3.8) is 0 Å². The average Bonchev–Trinajstić information content (AvgIpc) is 2.38. The standard InChI is InChI=1S/C14H14BrNO3/c1-3-8(2)16-13(17)11-7-9-6-10(15)4-5-12(9)19-14(11)18/h4-8H,3H2,1-2H3,(H,16,17)/t8-/m1/s1. The second-order valence-corrected chi connectivity index (χ2v) is 5.33. The van der Waals surface area contributed by atoms with Gasteiger partial charge in [-0.2, -0.15) is 0 Å². The van der Waals surface area contributed by atoms with Crippen LogP contribution in [0.4, 0.5) is 0 Å². The number of carbonyl (C=O) groups excluding carboxylic acids is 1. The number of hydrogen-bond acceptors (Lipinski definition) is 3. The molecule has 1 atom stereocenters. The maximum Gasteiger partial charge on any atom is 0.349 e. The summed E-state index contributed by atoms with van der Waals surface area (Å²) in [6.07, 6.45) is 0.802.